The molecule has 2 heterocycles. The minimum Gasteiger partial charge on any atom is -0.461 e. The van der Waals surface area contributed by atoms with Crippen molar-refractivity contribution in [3.63, 3.8) is 0 Å². The number of hydrogen-bond acceptors (Lipinski definition) is 8. The van der Waals surface area contributed by atoms with Crippen LogP contribution in [-0.4, -0.2) is 40.6 Å². The Labute approximate surface area is 135 Å². The van der Waals surface area contributed by atoms with Gasteiger partial charge < -0.3 is 9.57 Å². The molecule has 1 atom stereocenters. The van der Waals surface area contributed by atoms with E-state index in [1.54, 1.807) is 12.3 Å². The van der Waals surface area contributed by atoms with E-state index >= 15 is 0 Å². The Morgan fingerprint density at radius 3 is 2.87 bits per heavy atom. The molecule has 8 nitrogen and oxygen atoms in total. The summed E-state index contributed by atoms with van der Waals surface area (Å²) in [7, 11) is 0. The number of nitrogens with zero attached hydrogens (tertiary/aromatic N) is 2. The SMILES string of the molecule is CCOC(=O)C1=NOC(C(=O)Nc2nccs2)(C(=O)C2CC2)C1. The molecular formula is C14H15N3O5S. The van der Waals surface area contributed by atoms with Gasteiger partial charge in [-0.1, -0.05) is 5.16 Å². The van der Waals surface area contributed by atoms with Crippen molar-refractivity contribution in [3.05, 3.63) is 11.6 Å². The summed E-state index contributed by atoms with van der Waals surface area (Å²) in [5.74, 6) is -1.92. The third-order valence-electron chi connectivity index (χ3n) is 3.60. The average molecular weight is 337 g/mol. The number of aromatic nitrogens is 1. The number of oxime groups is 1. The van der Waals surface area contributed by atoms with Crippen molar-refractivity contribution in [2.75, 3.05) is 11.9 Å². The Morgan fingerprint density at radius 1 is 1.48 bits per heavy atom. The van der Waals surface area contributed by atoms with Crippen molar-refractivity contribution in [2.45, 2.75) is 31.8 Å². The number of amides is 1. The van der Waals surface area contributed by atoms with Gasteiger partial charge in [0.25, 0.3) is 11.5 Å². The number of esters is 1. The van der Waals surface area contributed by atoms with E-state index in [9.17, 15) is 14.4 Å². The average Bonchev–Trinajstić information content (AvgIpc) is 3.07. The van der Waals surface area contributed by atoms with Gasteiger partial charge in [-0.2, -0.15) is 0 Å². The van der Waals surface area contributed by atoms with E-state index < -0.39 is 17.5 Å². The van der Waals surface area contributed by atoms with Crippen LogP contribution in [0.4, 0.5) is 5.13 Å². The van der Waals surface area contributed by atoms with Crippen molar-refractivity contribution in [1.29, 1.82) is 0 Å². The summed E-state index contributed by atoms with van der Waals surface area (Å²) in [6.07, 6.45) is 2.73. The number of carbonyl (C=O) groups excluding carboxylic acids is 3. The summed E-state index contributed by atoms with van der Waals surface area (Å²) in [5, 5.41) is 8.24. The van der Waals surface area contributed by atoms with Gasteiger partial charge in [-0.15, -0.1) is 11.3 Å². The fraction of sp³-hybridized carbons (Fsp3) is 0.500. The van der Waals surface area contributed by atoms with Crippen molar-refractivity contribution in [2.24, 2.45) is 11.1 Å². The highest BCUT2D eigenvalue weighted by Crippen LogP contribution is 2.39. The normalized spacial score (nSPS) is 22.9. The van der Waals surface area contributed by atoms with E-state index in [0.29, 0.717) is 18.0 Å². The summed E-state index contributed by atoms with van der Waals surface area (Å²) >= 11 is 1.22. The number of carbonyl (C=O) groups is 3. The Bertz CT molecular complexity index is 668. The molecule has 9 heteroatoms. The zero-order valence-electron chi connectivity index (χ0n) is 12.4. The number of Topliss-reactive ketones (excluding diaryl/α,β-unsaturated/α-hetero) is 1. The molecule has 2 aliphatic rings. The summed E-state index contributed by atoms with van der Waals surface area (Å²) in [6, 6.07) is 0. The molecule has 1 amide bonds. The van der Waals surface area contributed by atoms with Gasteiger partial charge in [0.1, 0.15) is 0 Å². The highest BCUT2D eigenvalue weighted by molar-refractivity contribution is 7.13. The lowest BCUT2D eigenvalue weighted by Gasteiger charge is -2.23. The monoisotopic (exact) mass is 337 g/mol. The first-order valence-corrected chi connectivity index (χ1v) is 8.12. The molecule has 1 unspecified atom stereocenters. The van der Waals surface area contributed by atoms with E-state index in [1.807, 2.05) is 0 Å². The molecule has 1 N–H and O–H groups in total. The van der Waals surface area contributed by atoms with Gasteiger partial charge in [0, 0.05) is 17.5 Å². The minimum absolute atomic E-state index is 0.0601. The number of rotatable bonds is 6. The molecule has 0 bridgehead atoms. The molecule has 0 radical (unpaired) electrons. The maximum absolute atomic E-state index is 12.6. The van der Waals surface area contributed by atoms with Gasteiger partial charge >= 0.3 is 5.97 Å². The van der Waals surface area contributed by atoms with Crippen LogP contribution >= 0.6 is 11.3 Å². The van der Waals surface area contributed by atoms with Crippen LogP contribution in [0, 0.1) is 5.92 Å². The Balaban J connectivity index is 1.80. The molecule has 1 fully saturated rings. The highest BCUT2D eigenvalue weighted by atomic mass is 32.1. The van der Waals surface area contributed by atoms with Crippen molar-refractivity contribution in [1.82, 2.24) is 4.98 Å². The quantitative estimate of drug-likeness (QED) is 0.616. The lowest BCUT2D eigenvalue weighted by Crippen LogP contribution is -2.51. The second kappa shape index (κ2) is 6.07. The Kier molecular flexibility index (Phi) is 4.12. The predicted octanol–water partition coefficient (Wildman–Crippen LogP) is 1.14. The van der Waals surface area contributed by atoms with Crippen LogP contribution in [0.15, 0.2) is 16.7 Å². The molecular weight excluding hydrogens is 322 g/mol. The van der Waals surface area contributed by atoms with E-state index in [4.69, 9.17) is 9.57 Å². The number of anilines is 1. The van der Waals surface area contributed by atoms with Crippen LogP contribution in [0.3, 0.4) is 0 Å². The van der Waals surface area contributed by atoms with E-state index in [-0.39, 0.29) is 30.4 Å². The number of nitrogens with one attached hydrogen (secondary N) is 1. The van der Waals surface area contributed by atoms with Crippen molar-refractivity contribution >= 4 is 39.8 Å². The van der Waals surface area contributed by atoms with Gasteiger partial charge in [-0.25, -0.2) is 9.78 Å². The Morgan fingerprint density at radius 2 is 2.26 bits per heavy atom. The van der Waals surface area contributed by atoms with Crippen molar-refractivity contribution in [3.8, 4) is 0 Å². The fourth-order valence-electron chi connectivity index (χ4n) is 2.28. The van der Waals surface area contributed by atoms with Gasteiger partial charge in [-0.3, -0.25) is 14.9 Å². The third-order valence-corrected chi connectivity index (χ3v) is 4.29. The molecule has 0 spiro atoms. The molecule has 23 heavy (non-hydrogen) atoms. The molecule has 1 aromatic heterocycles. The number of thiazole rings is 1. The Hall–Kier alpha value is -2.29. The maximum atomic E-state index is 12.6. The zero-order chi connectivity index (χ0) is 16.4. The minimum atomic E-state index is -1.81. The molecule has 1 saturated carbocycles. The summed E-state index contributed by atoms with van der Waals surface area (Å²) in [5.41, 5.74) is -1.87. The van der Waals surface area contributed by atoms with Crippen LogP contribution in [0.1, 0.15) is 26.2 Å². The van der Waals surface area contributed by atoms with Crippen LogP contribution in [0.5, 0.6) is 0 Å². The number of ether oxygens (including phenoxy) is 1. The molecule has 3 rings (SSSR count). The molecule has 0 saturated heterocycles. The first-order chi connectivity index (χ1) is 11.1. The van der Waals surface area contributed by atoms with Crippen LogP contribution in [0.25, 0.3) is 0 Å². The largest absolute Gasteiger partial charge is 0.461 e. The van der Waals surface area contributed by atoms with E-state index in [0.717, 1.165) is 0 Å². The highest BCUT2D eigenvalue weighted by Gasteiger charge is 2.58. The molecule has 122 valence electrons. The predicted molar refractivity (Wildman–Crippen MR) is 81.0 cm³/mol. The summed E-state index contributed by atoms with van der Waals surface area (Å²) < 4.78 is 4.86. The number of hydrogen-bond donors (Lipinski definition) is 1. The first-order valence-electron chi connectivity index (χ1n) is 7.24. The van der Waals surface area contributed by atoms with E-state index in [1.165, 1.54) is 17.5 Å². The molecule has 1 aliphatic carbocycles. The van der Waals surface area contributed by atoms with Crippen LogP contribution < -0.4 is 5.32 Å². The van der Waals surface area contributed by atoms with Crippen LogP contribution in [0.2, 0.25) is 0 Å². The summed E-state index contributed by atoms with van der Waals surface area (Å²) in [4.78, 5) is 46.2. The second-order valence-electron chi connectivity index (χ2n) is 5.28. The lowest BCUT2D eigenvalue weighted by molar-refractivity contribution is -0.153. The van der Waals surface area contributed by atoms with Gasteiger partial charge in [0.15, 0.2) is 16.6 Å². The number of ketones is 1. The fourth-order valence-corrected chi connectivity index (χ4v) is 2.81. The standard InChI is InChI=1S/C14H15N3O5S/c1-2-21-11(19)9-7-14(22-17-9,10(18)8-3-4-8)12(20)16-13-15-5-6-23-13/h5-6,8H,2-4,7H2,1H3,(H,15,16,20). The van der Waals surface area contributed by atoms with Crippen molar-refractivity contribution < 1.29 is 24.0 Å². The van der Waals surface area contributed by atoms with Gasteiger partial charge in [-0.05, 0) is 19.8 Å². The smallest absolute Gasteiger partial charge is 0.356 e. The van der Waals surface area contributed by atoms with Gasteiger partial charge in [0.05, 0.1) is 13.0 Å². The first kappa shape index (κ1) is 15.6. The molecule has 1 aliphatic heterocycles. The molecule has 1 aromatic rings. The summed E-state index contributed by atoms with van der Waals surface area (Å²) in [6.45, 7) is 1.83. The van der Waals surface area contributed by atoms with E-state index in [2.05, 4.69) is 15.5 Å². The lowest BCUT2D eigenvalue weighted by atomic mass is 9.88. The zero-order valence-corrected chi connectivity index (χ0v) is 13.2. The maximum Gasteiger partial charge on any atom is 0.356 e. The van der Waals surface area contributed by atoms with Crippen LogP contribution in [-0.2, 0) is 24.0 Å². The molecule has 0 aromatic carbocycles. The second-order valence-corrected chi connectivity index (χ2v) is 6.18. The van der Waals surface area contributed by atoms with Gasteiger partial charge in [0.2, 0.25) is 0 Å². The topological polar surface area (TPSA) is 107 Å². The third kappa shape index (κ3) is 2.96.